The molecule has 0 aromatic heterocycles. The molecular formula is C5H7NO4. The molecule has 0 aliphatic carbocycles. The minimum absolute atomic E-state index is 0.697. The second-order valence-corrected chi connectivity index (χ2v) is 1.31. The number of amides is 1. The molecular weight excluding hydrogens is 138 g/mol. The molecule has 0 unspecified atom stereocenters. The van der Waals surface area contributed by atoms with E-state index in [2.05, 4.69) is 4.74 Å². The highest BCUT2D eigenvalue weighted by atomic mass is 16.5. The summed E-state index contributed by atoms with van der Waals surface area (Å²) in [5.41, 5.74) is 0. The van der Waals surface area contributed by atoms with E-state index in [1.807, 2.05) is 5.32 Å². The van der Waals surface area contributed by atoms with Gasteiger partial charge in [-0.3, -0.25) is 5.32 Å². The zero-order valence-corrected chi connectivity index (χ0v) is 5.33. The van der Waals surface area contributed by atoms with Crippen molar-refractivity contribution in [3.05, 3.63) is 12.3 Å². The predicted octanol–water partition coefficient (Wildman–Crippen LogP) is -0.0593. The molecule has 5 heteroatoms. The van der Waals surface area contributed by atoms with E-state index >= 15 is 0 Å². The number of alkyl carbamates (subject to hydrolysis) is 1. The third kappa shape index (κ3) is 4.63. The molecule has 0 aliphatic rings. The average molecular weight is 145 g/mol. The SMILES string of the molecule is COC(=O)NC=CC(=O)O. The number of carboxylic acid groups (broad SMARTS) is 1. The van der Waals surface area contributed by atoms with Crippen LogP contribution in [0.2, 0.25) is 0 Å². The molecule has 0 bridgehead atoms. The lowest BCUT2D eigenvalue weighted by atomic mass is 10.6. The first-order chi connectivity index (χ1) is 4.66. The van der Waals surface area contributed by atoms with Gasteiger partial charge in [-0.05, 0) is 0 Å². The lowest BCUT2D eigenvalue weighted by molar-refractivity contribution is -0.131. The van der Waals surface area contributed by atoms with Crippen molar-refractivity contribution >= 4 is 12.1 Å². The van der Waals surface area contributed by atoms with E-state index in [-0.39, 0.29) is 0 Å². The number of ether oxygens (including phenoxy) is 1. The lowest BCUT2D eigenvalue weighted by Crippen LogP contribution is -2.16. The first kappa shape index (κ1) is 8.48. The molecule has 0 aromatic carbocycles. The molecule has 5 nitrogen and oxygen atoms in total. The molecule has 0 rings (SSSR count). The van der Waals surface area contributed by atoms with Crippen LogP contribution in [0, 0.1) is 0 Å². The zero-order chi connectivity index (χ0) is 7.98. The van der Waals surface area contributed by atoms with Crippen molar-refractivity contribution < 1.29 is 19.4 Å². The molecule has 0 heterocycles. The predicted molar refractivity (Wildman–Crippen MR) is 32.3 cm³/mol. The minimum Gasteiger partial charge on any atom is -0.478 e. The molecule has 0 spiro atoms. The van der Waals surface area contributed by atoms with Gasteiger partial charge in [0.05, 0.1) is 7.11 Å². The van der Waals surface area contributed by atoms with Crippen LogP contribution in [-0.4, -0.2) is 24.3 Å². The maximum atomic E-state index is 10.2. The average Bonchev–Trinajstić information content (AvgIpc) is 1.87. The van der Waals surface area contributed by atoms with Crippen LogP contribution in [0.4, 0.5) is 4.79 Å². The number of rotatable bonds is 2. The summed E-state index contributed by atoms with van der Waals surface area (Å²) in [6.07, 6.45) is 1.07. The highest BCUT2D eigenvalue weighted by molar-refractivity contribution is 5.80. The second kappa shape index (κ2) is 4.37. The van der Waals surface area contributed by atoms with Gasteiger partial charge in [-0.2, -0.15) is 0 Å². The Kier molecular flexibility index (Phi) is 3.70. The van der Waals surface area contributed by atoms with Crippen molar-refractivity contribution in [3.8, 4) is 0 Å². The highest BCUT2D eigenvalue weighted by Crippen LogP contribution is 1.72. The van der Waals surface area contributed by atoms with Gasteiger partial charge in [0.2, 0.25) is 0 Å². The summed E-state index contributed by atoms with van der Waals surface area (Å²) in [4.78, 5) is 20.0. The maximum Gasteiger partial charge on any atom is 0.410 e. The molecule has 0 fully saturated rings. The number of nitrogens with one attached hydrogen (secondary N) is 1. The molecule has 0 aromatic rings. The van der Waals surface area contributed by atoms with Crippen LogP contribution in [0.3, 0.4) is 0 Å². The Labute approximate surface area is 57.3 Å². The Morgan fingerprint density at radius 1 is 1.60 bits per heavy atom. The lowest BCUT2D eigenvalue weighted by Gasteiger charge is -1.93. The second-order valence-electron chi connectivity index (χ2n) is 1.31. The number of carboxylic acids is 1. The van der Waals surface area contributed by atoms with Crippen LogP contribution >= 0.6 is 0 Å². The summed E-state index contributed by atoms with van der Waals surface area (Å²) >= 11 is 0. The Hall–Kier alpha value is -1.52. The van der Waals surface area contributed by atoms with Crippen LogP contribution in [0.5, 0.6) is 0 Å². The van der Waals surface area contributed by atoms with E-state index in [9.17, 15) is 9.59 Å². The fraction of sp³-hybridized carbons (Fsp3) is 0.200. The van der Waals surface area contributed by atoms with Crippen molar-refractivity contribution in [2.75, 3.05) is 7.11 Å². The number of hydrogen-bond acceptors (Lipinski definition) is 3. The molecule has 0 atom stereocenters. The van der Waals surface area contributed by atoms with Crippen molar-refractivity contribution in [2.24, 2.45) is 0 Å². The van der Waals surface area contributed by atoms with E-state index < -0.39 is 12.1 Å². The molecule has 10 heavy (non-hydrogen) atoms. The van der Waals surface area contributed by atoms with Gasteiger partial charge in [0.1, 0.15) is 0 Å². The van der Waals surface area contributed by atoms with E-state index in [0.29, 0.717) is 0 Å². The van der Waals surface area contributed by atoms with Crippen LogP contribution in [0.1, 0.15) is 0 Å². The number of methoxy groups -OCH3 is 1. The quantitative estimate of drug-likeness (QED) is 0.534. The topological polar surface area (TPSA) is 75.6 Å². The van der Waals surface area contributed by atoms with Gasteiger partial charge in [0.25, 0.3) is 0 Å². The standard InChI is InChI=1S/C5H7NO4/c1-10-5(9)6-3-2-4(7)8/h2-3H,1H3,(H,6,9)(H,7,8). The van der Waals surface area contributed by atoms with Gasteiger partial charge in [-0.15, -0.1) is 0 Å². The number of hydrogen-bond donors (Lipinski definition) is 2. The molecule has 0 saturated carbocycles. The van der Waals surface area contributed by atoms with Crippen LogP contribution in [0.15, 0.2) is 12.3 Å². The molecule has 2 N–H and O–H groups in total. The van der Waals surface area contributed by atoms with Crippen molar-refractivity contribution in [1.29, 1.82) is 0 Å². The fourth-order valence-corrected chi connectivity index (χ4v) is 0.240. The Bertz CT molecular complexity index is 163. The van der Waals surface area contributed by atoms with Crippen LogP contribution < -0.4 is 5.32 Å². The van der Waals surface area contributed by atoms with E-state index in [4.69, 9.17) is 5.11 Å². The van der Waals surface area contributed by atoms with E-state index in [0.717, 1.165) is 12.3 Å². The molecule has 56 valence electrons. The molecule has 1 amide bonds. The van der Waals surface area contributed by atoms with Crippen LogP contribution in [-0.2, 0) is 9.53 Å². The van der Waals surface area contributed by atoms with Gasteiger partial charge in [0.15, 0.2) is 0 Å². The summed E-state index contributed by atoms with van der Waals surface area (Å²) in [6, 6.07) is 0. The highest BCUT2D eigenvalue weighted by Gasteiger charge is 1.91. The van der Waals surface area contributed by atoms with Crippen molar-refractivity contribution in [2.45, 2.75) is 0 Å². The number of aliphatic carboxylic acids is 1. The van der Waals surface area contributed by atoms with Gasteiger partial charge in [-0.25, -0.2) is 9.59 Å². The zero-order valence-electron chi connectivity index (χ0n) is 5.33. The molecule has 0 aliphatic heterocycles. The molecule has 0 radical (unpaired) electrons. The Morgan fingerprint density at radius 3 is 2.60 bits per heavy atom. The van der Waals surface area contributed by atoms with Crippen molar-refractivity contribution in [1.82, 2.24) is 5.32 Å². The Balaban J connectivity index is 3.53. The summed E-state index contributed by atoms with van der Waals surface area (Å²) in [5, 5.41) is 10.1. The van der Waals surface area contributed by atoms with E-state index in [1.54, 1.807) is 0 Å². The monoisotopic (exact) mass is 145 g/mol. The fourth-order valence-electron chi connectivity index (χ4n) is 0.240. The van der Waals surface area contributed by atoms with Crippen molar-refractivity contribution in [3.63, 3.8) is 0 Å². The number of carbonyl (C=O) groups excluding carboxylic acids is 1. The van der Waals surface area contributed by atoms with Gasteiger partial charge in [-0.1, -0.05) is 0 Å². The summed E-state index contributed by atoms with van der Waals surface area (Å²) in [6.45, 7) is 0. The normalized spacial score (nSPS) is 9.30. The maximum absolute atomic E-state index is 10.2. The van der Waals surface area contributed by atoms with Gasteiger partial charge >= 0.3 is 12.1 Å². The van der Waals surface area contributed by atoms with Crippen LogP contribution in [0.25, 0.3) is 0 Å². The van der Waals surface area contributed by atoms with E-state index in [1.165, 1.54) is 7.11 Å². The largest absolute Gasteiger partial charge is 0.478 e. The van der Waals surface area contributed by atoms with Gasteiger partial charge < -0.3 is 9.84 Å². The number of carbonyl (C=O) groups is 2. The first-order valence-electron chi connectivity index (χ1n) is 2.40. The smallest absolute Gasteiger partial charge is 0.410 e. The Morgan fingerprint density at radius 2 is 2.20 bits per heavy atom. The van der Waals surface area contributed by atoms with Gasteiger partial charge in [0, 0.05) is 12.3 Å². The minimum atomic E-state index is -1.13. The first-order valence-corrected chi connectivity index (χ1v) is 2.40. The summed E-state index contributed by atoms with van der Waals surface area (Å²) in [7, 11) is 1.18. The summed E-state index contributed by atoms with van der Waals surface area (Å²) < 4.78 is 4.14. The summed E-state index contributed by atoms with van der Waals surface area (Å²) in [5.74, 6) is -1.13. The third-order valence-corrected chi connectivity index (χ3v) is 0.612. The molecule has 0 saturated heterocycles. The third-order valence-electron chi connectivity index (χ3n) is 0.612.